The van der Waals surface area contributed by atoms with Crippen LogP contribution in [0, 0.1) is 0 Å². The molecule has 0 amide bonds. The van der Waals surface area contributed by atoms with Crippen LogP contribution in [0.4, 0.5) is 0 Å². The number of halogens is 2. The Kier molecular flexibility index (Phi) is 7.91. The van der Waals surface area contributed by atoms with E-state index >= 15 is 0 Å². The molecule has 148 valence electrons. The van der Waals surface area contributed by atoms with E-state index in [1.807, 2.05) is 13.8 Å². The van der Waals surface area contributed by atoms with Crippen LogP contribution < -0.4 is 19.5 Å². The first-order valence-electron chi connectivity index (χ1n) is 8.30. The lowest BCUT2D eigenvalue weighted by molar-refractivity contribution is 0.0923. The van der Waals surface area contributed by atoms with Gasteiger partial charge in [0.15, 0.2) is 5.15 Å². The molecule has 0 fully saturated rings. The summed E-state index contributed by atoms with van der Waals surface area (Å²) in [5, 5.41) is 21.7. The maximum atomic E-state index is 10.1. The number of aliphatic hydroxyl groups is 1. The smallest absolute Gasteiger partial charge is 0.233 e. The molecule has 7 nitrogen and oxygen atoms in total. The highest BCUT2D eigenvalue weighted by atomic mass is 35.5. The molecule has 1 aromatic heterocycles. The highest BCUT2D eigenvalue weighted by Crippen LogP contribution is 2.28. The lowest BCUT2D eigenvalue weighted by Crippen LogP contribution is -2.48. The monoisotopic (exact) mass is 415 g/mol. The van der Waals surface area contributed by atoms with Gasteiger partial charge in [-0.1, -0.05) is 23.2 Å². The van der Waals surface area contributed by atoms with Gasteiger partial charge in [0, 0.05) is 24.2 Å². The number of aliphatic hydroxyl groups excluding tert-OH is 1. The van der Waals surface area contributed by atoms with E-state index in [-0.39, 0.29) is 6.61 Å². The topological polar surface area (TPSA) is 85.7 Å². The van der Waals surface area contributed by atoms with Gasteiger partial charge in [-0.2, -0.15) is 0 Å². The van der Waals surface area contributed by atoms with E-state index in [0.29, 0.717) is 40.7 Å². The predicted molar refractivity (Wildman–Crippen MR) is 104 cm³/mol. The van der Waals surface area contributed by atoms with Crippen molar-refractivity contribution >= 4 is 23.2 Å². The highest BCUT2D eigenvalue weighted by molar-refractivity contribution is 6.32. The molecular weight excluding hydrogens is 393 g/mol. The molecule has 2 N–H and O–H groups in total. The summed E-state index contributed by atoms with van der Waals surface area (Å²) < 4.78 is 16.2. The Balaban J connectivity index is 1.74. The molecule has 0 aliphatic rings. The standard InChI is InChI=1S/C18H23Cl2N3O4/c1-18(2,11-27-17-7-6-16(20)22-23-17)21-9-12(24)10-26-15-5-4-13(25-3)8-14(15)19/h4-8,12,21,24H,9-11H2,1-3H3. The second-order valence-electron chi connectivity index (χ2n) is 6.51. The molecule has 0 aliphatic heterocycles. The average Bonchev–Trinajstić information content (AvgIpc) is 2.65. The normalized spacial score (nSPS) is 12.5. The van der Waals surface area contributed by atoms with Crippen molar-refractivity contribution in [1.29, 1.82) is 0 Å². The number of nitrogens with one attached hydrogen (secondary N) is 1. The molecule has 1 aromatic carbocycles. The second kappa shape index (κ2) is 9.94. The SMILES string of the molecule is COc1ccc(OCC(O)CNC(C)(C)COc2ccc(Cl)nn2)c(Cl)c1. The zero-order valence-electron chi connectivity index (χ0n) is 15.4. The molecule has 27 heavy (non-hydrogen) atoms. The molecule has 0 saturated carbocycles. The second-order valence-corrected chi connectivity index (χ2v) is 7.30. The van der Waals surface area contributed by atoms with Crippen molar-refractivity contribution in [3.05, 3.63) is 40.5 Å². The maximum absolute atomic E-state index is 10.1. The van der Waals surface area contributed by atoms with Crippen LogP contribution in [-0.2, 0) is 0 Å². The Morgan fingerprint density at radius 3 is 2.56 bits per heavy atom. The van der Waals surface area contributed by atoms with Crippen molar-refractivity contribution in [3.63, 3.8) is 0 Å². The van der Waals surface area contributed by atoms with Crippen molar-refractivity contribution in [2.24, 2.45) is 0 Å². The molecule has 2 aromatic rings. The van der Waals surface area contributed by atoms with Gasteiger partial charge in [0.25, 0.3) is 0 Å². The molecular formula is C18H23Cl2N3O4. The number of hydrogen-bond donors (Lipinski definition) is 2. The summed E-state index contributed by atoms with van der Waals surface area (Å²) in [5.41, 5.74) is -0.403. The first-order chi connectivity index (χ1) is 12.8. The summed E-state index contributed by atoms with van der Waals surface area (Å²) in [6, 6.07) is 8.35. The summed E-state index contributed by atoms with van der Waals surface area (Å²) in [6.45, 7) is 4.64. The van der Waals surface area contributed by atoms with Crippen LogP contribution in [0.5, 0.6) is 17.4 Å². The van der Waals surface area contributed by atoms with E-state index in [4.69, 9.17) is 37.4 Å². The Morgan fingerprint density at radius 2 is 1.93 bits per heavy atom. The van der Waals surface area contributed by atoms with Gasteiger partial charge in [-0.15, -0.1) is 10.2 Å². The highest BCUT2D eigenvalue weighted by Gasteiger charge is 2.20. The van der Waals surface area contributed by atoms with Gasteiger partial charge >= 0.3 is 0 Å². The van der Waals surface area contributed by atoms with Crippen molar-refractivity contribution < 1.29 is 19.3 Å². The third-order valence-electron chi connectivity index (χ3n) is 3.57. The van der Waals surface area contributed by atoms with Crippen LogP contribution in [-0.4, -0.2) is 53.8 Å². The Hall–Kier alpha value is -1.80. The molecule has 0 bridgehead atoms. The lowest BCUT2D eigenvalue weighted by atomic mass is 10.1. The number of β-amino-alcohol motifs (C(OH)–C–C–N with tert-alkyl or cyclic N) is 1. The molecule has 9 heteroatoms. The summed E-state index contributed by atoms with van der Waals surface area (Å²) in [6.07, 6.45) is -0.724. The van der Waals surface area contributed by atoms with Gasteiger partial charge in [-0.3, -0.25) is 0 Å². The summed E-state index contributed by atoms with van der Waals surface area (Å²) in [7, 11) is 1.56. The van der Waals surface area contributed by atoms with E-state index < -0.39 is 11.6 Å². The van der Waals surface area contributed by atoms with Crippen LogP contribution in [0.3, 0.4) is 0 Å². The molecule has 1 atom stereocenters. The average molecular weight is 416 g/mol. The number of rotatable bonds is 10. The summed E-state index contributed by atoms with van der Waals surface area (Å²) >= 11 is 11.8. The van der Waals surface area contributed by atoms with Crippen LogP contribution >= 0.6 is 23.2 Å². The Labute approximate surface area is 168 Å². The Morgan fingerprint density at radius 1 is 1.15 bits per heavy atom. The number of hydrogen-bond acceptors (Lipinski definition) is 7. The lowest BCUT2D eigenvalue weighted by Gasteiger charge is -2.27. The number of ether oxygens (including phenoxy) is 3. The summed E-state index contributed by atoms with van der Waals surface area (Å²) in [5.74, 6) is 1.51. The first-order valence-corrected chi connectivity index (χ1v) is 9.06. The fraction of sp³-hybridized carbons (Fsp3) is 0.444. The zero-order valence-corrected chi connectivity index (χ0v) is 16.9. The fourth-order valence-electron chi connectivity index (χ4n) is 2.05. The van der Waals surface area contributed by atoms with Gasteiger partial charge in [0.05, 0.1) is 12.1 Å². The van der Waals surface area contributed by atoms with E-state index in [9.17, 15) is 5.11 Å². The van der Waals surface area contributed by atoms with Gasteiger partial charge in [-0.05, 0) is 32.0 Å². The van der Waals surface area contributed by atoms with Crippen LogP contribution in [0.15, 0.2) is 30.3 Å². The van der Waals surface area contributed by atoms with E-state index in [2.05, 4.69) is 15.5 Å². The predicted octanol–water partition coefficient (Wildman–Crippen LogP) is 2.98. The third-order valence-corrected chi connectivity index (χ3v) is 4.07. The van der Waals surface area contributed by atoms with Crippen molar-refractivity contribution in [2.75, 3.05) is 26.9 Å². The molecule has 0 spiro atoms. The fourth-order valence-corrected chi connectivity index (χ4v) is 2.38. The molecule has 1 unspecified atom stereocenters. The van der Waals surface area contributed by atoms with Crippen molar-refractivity contribution in [2.45, 2.75) is 25.5 Å². The van der Waals surface area contributed by atoms with Gasteiger partial charge in [0.2, 0.25) is 5.88 Å². The zero-order chi connectivity index (χ0) is 19.9. The molecule has 0 radical (unpaired) electrons. The van der Waals surface area contributed by atoms with Crippen LogP contribution in [0.25, 0.3) is 0 Å². The van der Waals surface area contributed by atoms with E-state index in [1.165, 1.54) is 0 Å². The van der Waals surface area contributed by atoms with Gasteiger partial charge < -0.3 is 24.6 Å². The molecule has 1 heterocycles. The molecule has 0 saturated heterocycles. The van der Waals surface area contributed by atoms with E-state index in [0.717, 1.165) is 0 Å². The number of methoxy groups -OCH3 is 1. The quantitative estimate of drug-likeness (QED) is 0.616. The molecule has 0 aliphatic carbocycles. The first kappa shape index (κ1) is 21.5. The van der Waals surface area contributed by atoms with Crippen molar-refractivity contribution in [3.8, 4) is 17.4 Å². The van der Waals surface area contributed by atoms with Crippen LogP contribution in [0.2, 0.25) is 10.2 Å². The number of aromatic nitrogens is 2. The van der Waals surface area contributed by atoms with E-state index in [1.54, 1.807) is 37.4 Å². The van der Waals surface area contributed by atoms with Gasteiger partial charge in [0.1, 0.15) is 30.8 Å². The number of benzene rings is 1. The van der Waals surface area contributed by atoms with Gasteiger partial charge in [-0.25, -0.2) is 0 Å². The molecule has 2 rings (SSSR count). The minimum absolute atomic E-state index is 0.0959. The minimum atomic E-state index is -0.724. The summed E-state index contributed by atoms with van der Waals surface area (Å²) in [4.78, 5) is 0. The van der Waals surface area contributed by atoms with Crippen molar-refractivity contribution in [1.82, 2.24) is 15.5 Å². The van der Waals surface area contributed by atoms with Crippen LogP contribution in [0.1, 0.15) is 13.8 Å². The minimum Gasteiger partial charge on any atom is -0.497 e. The Bertz CT molecular complexity index is 729. The number of nitrogens with zero attached hydrogens (tertiary/aromatic N) is 2. The third kappa shape index (κ3) is 7.38. The largest absolute Gasteiger partial charge is 0.497 e. The maximum Gasteiger partial charge on any atom is 0.233 e.